The Bertz CT molecular complexity index is 785. The molecular formula is C21H27N5O. The number of benzene rings is 1. The van der Waals surface area contributed by atoms with Crippen molar-refractivity contribution in [2.45, 2.75) is 25.7 Å². The summed E-state index contributed by atoms with van der Waals surface area (Å²) in [4.78, 5) is 17.1. The van der Waals surface area contributed by atoms with E-state index < -0.39 is 0 Å². The molecule has 2 saturated heterocycles. The average molecular weight is 365 g/mol. The van der Waals surface area contributed by atoms with E-state index in [1.165, 1.54) is 12.8 Å². The van der Waals surface area contributed by atoms with Crippen molar-refractivity contribution in [1.82, 2.24) is 15.1 Å². The molecule has 0 radical (unpaired) electrons. The molecule has 0 spiro atoms. The normalized spacial score (nSPS) is 20.6. The molecule has 2 fully saturated rings. The number of likely N-dealkylation sites (tertiary alicyclic amines) is 1. The van der Waals surface area contributed by atoms with E-state index in [2.05, 4.69) is 32.4 Å². The molecule has 0 bridgehead atoms. The van der Waals surface area contributed by atoms with Gasteiger partial charge in [-0.05, 0) is 63.5 Å². The molecule has 142 valence electrons. The predicted octanol–water partition coefficient (Wildman–Crippen LogP) is 3.02. The maximum absolute atomic E-state index is 12.6. The highest BCUT2D eigenvalue weighted by atomic mass is 16.1. The predicted molar refractivity (Wildman–Crippen MR) is 108 cm³/mol. The van der Waals surface area contributed by atoms with Gasteiger partial charge in [-0.3, -0.25) is 4.79 Å². The van der Waals surface area contributed by atoms with Crippen molar-refractivity contribution < 1.29 is 4.79 Å². The molecule has 1 unspecified atom stereocenters. The van der Waals surface area contributed by atoms with Crippen LogP contribution in [-0.2, 0) is 4.79 Å². The van der Waals surface area contributed by atoms with Gasteiger partial charge in [0.15, 0.2) is 5.82 Å². The number of nitrogens with zero attached hydrogens (tertiary/aromatic N) is 4. The van der Waals surface area contributed by atoms with Crippen LogP contribution in [0.3, 0.4) is 0 Å². The first-order valence-electron chi connectivity index (χ1n) is 9.87. The number of carbonyl (C=O) groups is 1. The van der Waals surface area contributed by atoms with E-state index >= 15 is 0 Å². The minimum absolute atomic E-state index is 0.0620. The zero-order valence-electron chi connectivity index (χ0n) is 15.9. The molecule has 2 aliphatic rings. The molecular weight excluding hydrogens is 338 g/mol. The van der Waals surface area contributed by atoms with Gasteiger partial charge in [0.2, 0.25) is 5.91 Å². The molecule has 2 aliphatic heterocycles. The summed E-state index contributed by atoms with van der Waals surface area (Å²) in [6, 6.07) is 11.9. The van der Waals surface area contributed by atoms with E-state index in [1.807, 2.05) is 36.4 Å². The first-order chi connectivity index (χ1) is 13.2. The van der Waals surface area contributed by atoms with Crippen LogP contribution in [0, 0.1) is 5.92 Å². The molecule has 0 saturated carbocycles. The zero-order valence-corrected chi connectivity index (χ0v) is 15.9. The number of piperidine rings is 1. The third-order valence-electron chi connectivity index (χ3n) is 5.50. The number of nitrogens with one attached hydrogen (secondary N) is 1. The van der Waals surface area contributed by atoms with Gasteiger partial charge >= 0.3 is 0 Å². The molecule has 0 aliphatic carbocycles. The topological polar surface area (TPSA) is 61.4 Å². The highest BCUT2D eigenvalue weighted by Crippen LogP contribution is 2.24. The lowest BCUT2D eigenvalue weighted by molar-refractivity contribution is -0.121. The van der Waals surface area contributed by atoms with Gasteiger partial charge in [0, 0.05) is 30.9 Å². The van der Waals surface area contributed by atoms with Crippen molar-refractivity contribution in [3.8, 4) is 11.3 Å². The summed E-state index contributed by atoms with van der Waals surface area (Å²) in [6.07, 6.45) is 4.48. The second-order valence-corrected chi connectivity index (χ2v) is 7.64. The molecule has 3 heterocycles. The van der Waals surface area contributed by atoms with Gasteiger partial charge in [0.05, 0.1) is 11.6 Å². The van der Waals surface area contributed by atoms with Gasteiger partial charge in [0.25, 0.3) is 0 Å². The van der Waals surface area contributed by atoms with Crippen LogP contribution < -0.4 is 10.2 Å². The summed E-state index contributed by atoms with van der Waals surface area (Å²) in [5.41, 5.74) is 2.61. The zero-order chi connectivity index (χ0) is 18.6. The van der Waals surface area contributed by atoms with Gasteiger partial charge in [-0.2, -0.15) is 0 Å². The molecule has 1 aromatic carbocycles. The quantitative estimate of drug-likeness (QED) is 0.902. The van der Waals surface area contributed by atoms with E-state index in [0.717, 1.165) is 61.8 Å². The SMILES string of the molecule is CN1CCCC(C(=O)Nc2cccc(-c3ccc(N4CCCC4)nn3)c2)C1. The van der Waals surface area contributed by atoms with Gasteiger partial charge in [-0.1, -0.05) is 12.1 Å². The van der Waals surface area contributed by atoms with Crippen LogP contribution in [0.2, 0.25) is 0 Å². The first kappa shape index (κ1) is 17.9. The molecule has 1 N–H and O–H groups in total. The fourth-order valence-electron chi connectivity index (χ4n) is 3.98. The summed E-state index contributed by atoms with van der Waals surface area (Å²) in [5.74, 6) is 1.11. The molecule has 6 nitrogen and oxygen atoms in total. The molecule has 6 heteroatoms. The van der Waals surface area contributed by atoms with E-state index in [0.29, 0.717) is 0 Å². The van der Waals surface area contributed by atoms with Crippen LogP contribution in [-0.4, -0.2) is 54.2 Å². The third kappa shape index (κ3) is 4.27. The van der Waals surface area contributed by atoms with E-state index in [4.69, 9.17) is 0 Å². The Hall–Kier alpha value is -2.47. The van der Waals surface area contributed by atoms with Crippen molar-refractivity contribution >= 4 is 17.4 Å². The Morgan fingerprint density at radius 3 is 2.67 bits per heavy atom. The smallest absolute Gasteiger partial charge is 0.228 e. The van der Waals surface area contributed by atoms with Crippen LogP contribution in [0.15, 0.2) is 36.4 Å². The lowest BCUT2D eigenvalue weighted by Gasteiger charge is -2.28. The Kier molecular flexibility index (Phi) is 5.34. The first-order valence-corrected chi connectivity index (χ1v) is 9.87. The van der Waals surface area contributed by atoms with Crippen molar-refractivity contribution in [3.05, 3.63) is 36.4 Å². The van der Waals surface area contributed by atoms with Crippen LogP contribution in [0.25, 0.3) is 11.3 Å². The molecule has 1 atom stereocenters. The Morgan fingerprint density at radius 2 is 1.93 bits per heavy atom. The molecule has 2 aromatic rings. The molecule has 4 rings (SSSR count). The summed E-state index contributed by atoms with van der Waals surface area (Å²) >= 11 is 0. The number of carbonyl (C=O) groups excluding carboxylic acids is 1. The fraction of sp³-hybridized carbons (Fsp3) is 0.476. The maximum atomic E-state index is 12.6. The number of hydrogen-bond donors (Lipinski definition) is 1. The Balaban J connectivity index is 1.44. The number of hydrogen-bond acceptors (Lipinski definition) is 5. The average Bonchev–Trinajstić information content (AvgIpc) is 3.23. The maximum Gasteiger partial charge on any atom is 0.228 e. The van der Waals surface area contributed by atoms with Gasteiger partial charge in [-0.15, -0.1) is 10.2 Å². The monoisotopic (exact) mass is 365 g/mol. The van der Waals surface area contributed by atoms with Crippen LogP contribution in [0.1, 0.15) is 25.7 Å². The minimum atomic E-state index is 0.0620. The van der Waals surface area contributed by atoms with Gasteiger partial charge < -0.3 is 15.1 Å². The lowest BCUT2D eigenvalue weighted by Crippen LogP contribution is -2.38. The van der Waals surface area contributed by atoms with E-state index in [-0.39, 0.29) is 11.8 Å². The van der Waals surface area contributed by atoms with Crippen molar-refractivity contribution in [3.63, 3.8) is 0 Å². The second kappa shape index (κ2) is 8.05. The van der Waals surface area contributed by atoms with E-state index in [9.17, 15) is 4.79 Å². The minimum Gasteiger partial charge on any atom is -0.355 e. The highest BCUT2D eigenvalue weighted by molar-refractivity contribution is 5.93. The van der Waals surface area contributed by atoms with Gasteiger partial charge in [-0.25, -0.2) is 0 Å². The summed E-state index contributed by atoms with van der Waals surface area (Å²) < 4.78 is 0. The van der Waals surface area contributed by atoms with Gasteiger partial charge in [0.1, 0.15) is 0 Å². The standard InChI is InChI=1S/C21H27N5O/c1-25-11-5-7-17(15-25)21(27)22-18-8-4-6-16(14-18)19-9-10-20(24-23-19)26-12-2-3-13-26/h4,6,8-10,14,17H,2-3,5,7,11-13,15H2,1H3,(H,22,27). The Labute approximate surface area is 160 Å². The van der Waals surface area contributed by atoms with Crippen molar-refractivity contribution in [2.24, 2.45) is 5.92 Å². The second-order valence-electron chi connectivity index (χ2n) is 7.64. The summed E-state index contributed by atoms with van der Waals surface area (Å²) in [5, 5.41) is 11.9. The molecule has 27 heavy (non-hydrogen) atoms. The summed E-state index contributed by atoms with van der Waals surface area (Å²) in [6.45, 7) is 4.03. The van der Waals surface area contributed by atoms with Crippen LogP contribution >= 0.6 is 0 Å². The lowest BCUT2D eigenvalue weighted by atomic mass is 9.97. The van der Waals surface area contributed by atoms with Crippen molar-refractivity contribution in [1.29, 1.82) is 0 Å². The number of rotatable bonds is 4. The highest BCUT2D eigenvalue weighted by Gasteiger charge is 2.24. The fourth-order valence-corrected chi connectivity index (χ4v) is 3.98. The number of aromatic nitrogens is 2. The molecule has 1 amide bonds. The largest absolute Gasteiger partial charge is 0.355 e. The number of anilines is 2. The third-order valence-corrected chi connectivity index (χ3v) is 5.50. The van der Waals surface area contributed by atoms with Crippen LogP contribution in [0.4, 0.5) is 11.5 Å². The van der Waals surface area contributed by atoms with Crippen LogP contribution in [0.5, 0.6) is 0 Å². The van der Waals surface area contributed by atoms with E-state index in [1.54, 1.807) is 0 Å². The summed E-state index contributed by atoms with van der Waals surface area (Å²) in [7, 11) is 2.07. The molecule has 1 aromatic heterocycles. The number of amides is 1. The van der Waals surface area contributed by atoms with Crippen molar-refractivity contribution in [2.75, 3.05) is 43.4 Å². The Morgan fingerprint density at radius 1 is 1.07 bits per heavy atom.